The Hall–Kier alpha value is -1.96. The topological polar surface area (TPSA) is 56.8 Å². The number of halogens is 1. The van der Waals surface area contributed by atoms with Crippen LogP contribution in [0.5, 0.6) is 17.2 Å². The summed E-state index contributed by atoms with van der Waals surface area (Å²) in [4.78, 5) is 11.9. The van der Waals surface area contributed by atoms with Crippen molar-refractivity contribution in [3.8, 4) is 17.2 Å². The van der Waals surface area contributed by atoms with E-state index in [1.165, 1.54) is 0 Å². The van der Waals surface area contributed by atoms with Gasteiger partial charge in [-0.25, -0.2) is 0 Å². The molecule has 24 heavy (non-hydrogen) atoms. The lowest BCUT2D eigenvalue weighted by Gasteiger charge is -2.15. The number of benzene rings is 2. The summed E-state index contributed by atoms with van der Waals surface area (Å²) in [6.45, 7) is 2.24. The molecule has 6 heteroatoms. The number of carbonyl (C=O) groups is 1. The summed E-state index contributed by atoms with van der Waals surface area (Å²) >= 11 is 2.22. The van der Waals surface area contributed by atoms with E-state index in [4.69, 9.17) is 14.2 Å². The number of hydrogen-bond acceptors (Lipinski definition) is 4. The molecule has 0 heterocycles. The normalized spacial score (nSPS) is 11.5. The van der Waals surface area contributed by atoms with Crippen LogP contribution in [0, 0.1) is 3.57 Å². The van der Waals surface area contributed by atoms with E-state index in [-0.39, 0.29) is 18.6 Å². The monoisotopic (exact) mass is 441 g/mol. The minimum absolute atomic E-state index is 0.0204. The molecule has 2 aromatic carbocycles. The number of ether oxygens (including phenoxy) is 3. The van der Waals surface area contributed by atoms with Crippen LogP contribution in [-0.4, -0.2) is 32.3 Å². The number of rotatable bonds is 8. The van der Waals surface area contributed by atoms with E-state index in [1.807, 2.05) is 55.5 Å². The zero-order valence-corrected chi connectivity index (χ0v) is 15.8. The molecular formula is C18H20INO4. The molecule has 0 saturated heterocycles. The SMILES string of the molecule is COc1ccc(OC[C@H](C)NC(=O)COc2ccc(I)cc2)cc1. The largest absolute Gasteiger partial charge is 0.497 e. The van der Waals surface area contributed by atoms with Crippen LogP contribution in [0.2, 0.25) is 0 Å². The van der Waals surface area contributed by atoms with Crippen molar-refractivity contribution in [1.82, 2.24) is 5.32 Å². The Kier molecular flexibility index (Phi) is 7.17. The van der Waals surface area contributed by atoms with Gasteiger partial charge in [-0.2, -0.15) is 0 Å². The van der Waals surface area contributed by atoms with Gasteiger partial charge >= 0.3 is 0 Å². The van der Waals surface area contributed by atoms with Crippen LogP contribution in [0.4, 0.5) is 0 Å². The van der Waals surface area contributed by atoms with Crippen molar-refractivity contribution < 1.29 is 19.0 Å². The van der Waals surface area contributed by atoms with Gasteiger partial charge in [0.2, 0.25) is 0 Å². The molecule has 0 spiro atoms. The van der Waals surface area contributed by atoms with Crippen LogP contribution in [0.15, 0.2) is 48.5 Å². The van der Waals surface area contributed by atoms with Gasteiger partial charge in [-0.3, -0.25) is 4.79 Å². The summed E-state index contributed by atoms with van der Waals surface area (Å²) < 4.78 is 17.3. The molecule has 0 aromatic heterocycles. The standard InChI is InChI=1S/C18H20INO4/c1-13(11-23-17-9-7-15(22-2)8-10-17)20-18(21)12-24-16-5-3-14(19)4-6-16/h3-10,13H,11-12H2,1-2H3,(H,20,21)/t13-/m0/s1. The van der Waals surface area contributed by atoms with Crippen molar-refractivity contribution in [2.45, 2.75) is 13.0 Å². The van der Waals surface area contributed by atoms with Crippen LogP contribution in [0.25, 0.3) is 0 Å². The highest BCUT2D eigenvalue weighted by atomic mass is 127. The van der Waals surface area contributed by atoms with Crippen LogP contribution >= 0.6 is 22.6 Å². The highest BCUT2D eigenvalue weighted by Crippen LogP contribution is 2.17. The van der Waals surface area contributed by atoms with E-state index in [0.29, 0.717) is 12.4 Å². The lowest BCUT2D eigenvalue weighted by atomic mass is 10.3. The molecule has 1 atom stereocenters. The molecule has 2 aromatic rings. The Bertz CT molecular complexity index is 643. The summed E-state index contributed by atoms with van der Waals surface area (Å²) in [5.41, 5.74) is 0. The molecule has 0 aliphatic rings. The molecule has 2 rings (SSSR count). The lowest BCUT2D eigenvalue weighted by Crippen LogP contribution is -2.39. The zero-order chi connectivity index (χ0) is 17.4. The predicted octanol–water partition coefficient (Wildman–Crippen LogP) is 3.26. The van der Waals surface area contributed by atoms with Crippen LogP contribution in [0.1, 0.15) is 6.92 Å². The summed E-state index contributed by atoms with van der Waals surface area (Å²) in [6.07, 6.45) is 0. The maximum Gasteiger partial charge on any atom is 0.258 e. The maximum absolute atomic E-state index is 11.9. The van der Waals surface area contributed by atoms with Gasteiger partial charge < -0.3 is 19.5 Å². The van der Waals surface area contributed by atoms with Crippen molar-refractivity contribution in [1.29, 1.82) is 0 Å². The third-order valence-corrected chi connectivity index (χ3v) is 3.87. The molecule has 0 aliphatic carbocycles. The van der Waals surface area contributed by atoms with E-state index in [2.05, 4.69) is 27.9 Å². The first-order chi connectivity index (χ1) is 11.6. The maximum atomic E-state index is 11.9. The van der Waals surface area contributed by atoms with Gasteiger partial charge in [0.15, 0.2) is 6.61 Å². The quantitative estimate of drug-likeness (QED) is 0.640. The fraction of sp³-hybridized carbons (Fsp3) is 0.278. The Labute approximate surface area is 155 Å². The van der Waals surface area contributed by atoms with Gasteiger partial charge in [0.25, 0.3) is 5.91 Å². The highest BCUT2D eigenvalue weighted by molar-refractivity contribution is 14.1. The number of amides is 1. The number of nitrogens with one attached hydrogen (secondary N) is 1. The Morgan fingerprint density at radius 1 is 1.00 bits per heavy atom. The third-order valence-electron chi connectivity index (χ3n) is 3.15. The molecule has 0 bridgehead atoms. The summed E-state index contributed by atoms with van der Waals surface area (Å²) in [7, 11) is 1.62. The molecule has 0 saturated carbocycles. The minimum atomic E-state index is -0.181. The fourth-order valence-electron chi connectivity index (χ4n) is 1.93. The summed E-state index contributed by atoms with van der Waals surface area (Å²) in [5.74, 6) is 2.00. The van der Waals surface area contributed by atoms with Crippen LogP contribution < -0.4 is 19.5 Å². The first kappa shape index (κ1) is 18.4. The van der Waals surface area contributed by atoms with E-state index < -0.39 is 0 Å². The third kappa shape index (κ3) is 6.27. The lowest BCUT2D eigenvalue weighted by molar-refractivity contribution is -0.123. The van der Waals surface area contributed by atoms with Gasteiger partial charge in [-0.1, -0.05) is 0 Å². The van der Waals surface area contributed by atoms with E-state index in [1.54, 1.807) is 7.11 Å². The van der Waals surface area contributed by atoms with Crippen molar-refractivity contribution in [3.63, 3.8) is 0 Å². The fourth-order valence-corrected chi connectivity index (χ4v) is 2.29. The molecule has 0 radical (unpaired) electrons. The second kappa shape index (κ2) is 9.36. The van der Waals surface area contributed by atoms with Gasteiger partial charge in [-0.05, 0) is 78.0 Å². The Morgan fingerprint density at radius 3 is 2.17 bits per heavy atom. The molecule has 0 aliphatic heterocycles. The van der Waals surface area contributed by atoms with Crippen molar-refractivity contribution in [2.24, 2.45) is 0 Å². The van der Waals surface area contributed by atoms with Gasteiger partial charge in [0, 0.05) is 3.57 Å². The molecule has 5 nitrogen and oxygen atoms in total. The van der Waals surface area contributed by atoms with Crippen molar-refractivity contribution in [3.05, 3.63) is 52.1 Å². The molecular weight excluding hydrogens is 421 g/mol. The smallest absolute Gasteiger partial charge is 0.258 e. The van der Waals surface area contributed by atoms with Gasteiger partial charge in [-0.15, -0.1) is 0 Å². The number of methoxy groups -OCH3 is 1. The van der Waals surface area contributed by atoms with E-state index >= 15 is 0 Å². The average molecular weight is 441 g/mol. The van der Waals surface area contributed by atoms with Crippen molar-refractivity contribution in [2.75, 3.05) is 20.3 Å². The number of hydrogen-bond donors (Lipinski definition) is 1. The molecule has 0 fully saturated rings. The van der Waals surface area contributed by atoms with Gasteiger partial charge in [0.1, 0.15) is 23.9 Å². The first-order valence-corrected chi connectivity index (χ1v) is 8.59. The average Bonchev–Trinajstić information content (AvgIpc) is 2.60. The second-order valence-corrected chi connectivity index (χ2v) is 6.44. The number of carbonyl (C=O) groups excluding carboxylic acids is 1. The molecule has 0 unspecified atom stereocenters. The van der Waals surface area contributed by atoms with Gasteiger partial charge in [0.05, 0.1) is 13.2 Å². The molecule has 128 valence electrons. The molecule has 1 N–H and O–H groups in total. The Morgan fingerprint density at radius 2 is 1.54 bits per heavy atom. The summed E-state index contributed by atoms with van der Waals surface area (Å²) in [6, 6.07) is 14.7. The zero-order valence-electron chi connectivity index (χ0n) is 13.6. The predicted molar refractivity (Wildman–Crippen MR) is 101 cm³/mol. The first-order valence-electron chi connectivity index (χ1n) is 7.51. The summed E-state index contributed by atoms with van der Waals surface area (Å²) in [5, 5.41) is 2.84. The second-order valence-electron chi connectivity index (χ2n) is 5.20. The van der Waals surface area contributed by atoms with Crippen molar-refractivity contribution >= 4 is 28.5 Å². The van der Waals surface area contributed by atoms with Crippen LogP contribution in [-0.2, 0) is 4.79 Å². The highest BCUT2D eigenvalue weighted by Gasteiger charge is 2.09. The minimum Gasteiger partial charge on any atom is -0.497 e. The molecule has 1 amide bonds. The van der Waals surface area contributed by atoms with E-state index in [9.17, 15) is 4.79 Å². The van der Waals surface area contributed by atoms with E-state index in [0.717, 1.165) is 15.1 Å². The Balaban J connectivity index is 1.69. The van der Waals surface area contributed by atoms with Crippen LogP contribution in [0.3, 0.4) is 0 Å².